The Morgan fingerprint density at radius 1 is 1.00 bits per heavy atom. The van der Waals surface area contributed by atoms with Gasteiger partial charge in [-0.15, -0.1) is 5.10 Å². The van der Waals surface area contributed by atoms with Gasteiger partial charge in [-0.05, 0) is 12.1 Å². The molecule has 8 heteroatoms. The number of benzene rings is 2. The molecule has 3 aromatic rings. The Balaban J connectivity index is 1.89. The number of hydroxylamine groups is 1. The van der Waals surface area contributed by atoms with Gasteiger partial charge in [-0.3, -0.25) is 14.8 Å². The Hall–Kier alpha value is -3.52. The predicted octanol–water partition coefficient (Wildman–Crippen LogP) is 1.56. The minimum Gasteiger partial charge on any atom is -0.349 e. The fourth-order valence-corrected chi connectivity index (χ4v) is 2.36. The number of hydrogen-bond donors (Lipinski definition) is 3. The number of amides is 2. The summed E-state index contributed by atoms with van der Waals surface area (Å²) in [6.45, 7) is 0.0613. The molecule has 0 aliphatic heterocycles. The molecule has 3 N–H and O–H groups in total. The lowest BCUT2D eigenvalue weighted by atomic mass is 10.2. The number of hydrogen-bond acceptors (Lipinski definition) is 5. The van der Waals surface area contributed by atoms with Crippen LogP contribution in [0.4, 0.5) is 0 Å². The van der Waals surface area contributed by atoms with E-state index in [9.17, 15) is 9.59 Å². The molecule has 3 rings (SSSR count). The van der Waals surface area contributed by atoms with E-state index in [0.29, 0.717) is 5.82 Å². The van der Waals surface area contributed by atoms with Crippen LogP contribution in [-0.4, -0.2) is 38.3 Å². The van der Waals surface area contributed by atoms with Gasteiger partial charge in [0.05, 0.1) is 5.69 Å². The zero-order valence-corrected chi connectivity index (χ0v) is 13.8. The highest BCUT2D eigenvalue weighted by atomic mass is 16.5. The Bertz CT molecular complexity index is 837. The normalized spacial score (nSPS) is 10.3. The van der Waals surface area contributed by atoms with Crippen LogP contribution in [0, 0.1) is 0 Å². The molecule has 2 aromatic carbocycles. The van der Waals surface area contributed by atoms with Gasteiger partial charge in [0.25, 0.3) is 5.91 Å². The predicted molar refractivity (Wildman–Crippen MR) is 93.7 cm³/mol. The summed E-state index contributed by atoms with van der Waals surface area (Å²) in [5.41, 5.74) is 3.11. The Kier molecular flexibility index (Phi) is 5.35. The number of aromatic nitrogens is 3. The Labute approximate surface area is 149 Å². The van der Waals surface area contributed by atoms with Gasteiger partial charge < -0.3 is 5.32 Å². The second-order valence-electron chi connectivity index (χ2n) is 5.41. The summed E-state index contributed by atoms with van der Waals surface area (Å²) >= 11 is 0. The van der Waals surface area contributed by atoms with Crippen molar-refractivity contribution in [1.82, 2.24) is 25.6 Å². The SMILES string of the molecule is O=C(CCNC(=O)c1nc(-c2ccccc2)n(-c2ccccc2)n1)NO. The van der Waals surface area contributed by atoms with Gasteiger partial charge >= 0.3 is 0 Å². The quantitative estimate of drug-likeness (QED) is 0.461. The highest BCUT2D eigenvalue weighted by Gasteiger charge is 2.18. The third-order valence-corrected chi connectivity index (χ3v) is 3.61. The van der Waals surface area contributed by atoms with Crippen LogP contribution in [0.15, 0.2) is 60.7 Å². The summed E-state index contributed by atoms with van der Waals surface area (Å²) in [6.07, 6.45) is -0.0484. The zero-order chi connectivity index (χ0) is 18.4. The highest BCUT2D eigenvalue weighted by molar-refractivity contribution is 5.91. The first-order chi connectivity index (χ1) is 12.7. The second-order valence-corrected chi connectivity index (χ2v) is 5.41. The van der Waals surface area contributed by atoms with Crippen molar-refractivity contribution in [2.24, 2.45) is 0 Å². The van der Waals surface area contributed by atoms with E-state index >= 15 is 0 Å². The maximum Gasteiger partial charge on any atom is 0.291 e. The van der Waals surface area contributed by atoms with Crippen molar-refractivity contribution in [3.63, 3.8) is 0 Å². The molecule has 0 saturated carbocycles. The number of carbonyl (C=O) groups excluding carboxylic acids is 2. The van der Waals surface area contributed by atoms with E-state index in [1.807, 2.05) is 60.7 Å². The van der Waals surface area contributed by atoms with E-state index in [1.54, 1.807) is 4.68 Å². The summed E-state index contributed by atoms with van der Waals surface area (Å²) in [4.78, 5) is 27.7. The lowest BCUT2D eigenvalue weighted by molar-refractivity contribution is -0.129. The standard InChI is InChI=1S/C18H17N5O3/c24-15(22-26)11-12-19-18(25)16-20-17(13-7-3-1-4-8-13)23(21-16)14-9-5-2-6-10-14/h1-10,26H,11-12H2,(H,19,25)(H,22,24). The van der Waals surface area contributed by atoms with Gasteiger partial charge in [0, 0.05) is 18.5 Å². The Morgan fingerprint density at radius 2 is 1.65 bits per heavy atom. The molecular formula is C18H17N5O3. The summed E-state index contributed by atoms with van der Waals surface area (Å²) < 4.78 is 1.60. The second kappa shape index (κ2) is 8.04. The number of nitrogens with one attached hydrogen (secondary N) is 2. The number of para-hydroxylation sites is 1. The average Bonchev–Trinajstić information content (AvgIpc) is 3.14. The van der Waals surface area contributed by atoms with E-state index in [0.717, 1.165) is 11.3 Å². The summed E-state index contributed by atoms with van der Waals surface area (Å²) in [6, 6.07) is 18.8. The first-order valence-electron chi connectivity index (χ1n) is 7.98. The molecule has 132 valence electrons. The molecule has 0 spiro atoms. The summed E-state index contributed by atoms with van der Waals surface area (Å²) in [5, 5.41) is 15.3. The van der Waals surface area contributed by atoms with Crippen molar-refractivity contribution in [2.45, 2.75) is 6.42 Å². The van der Waals surface area contributed by atoms with Crippen LogP contribution in [0.3, 0.4) is 0 Å². The average molecular weight is 351 g/mol. The maximum atomic E-state index is 12.3. The van der Waals surface area contributed by atoms with Gasteiger partial charge in [0.1, 0.15) is 0 Å². The minimum absolute atomic E-state index is 0.00267. The number of nitrogens with zero attached hydrogens (tertiary/aromatic N) is 3. The number of carbonyl (C=O) groups is 2. The van der Waals surface area contributed by atoms with Gasteiger partial charge in [0.2, 0.25) is 11.7 Å². The van der Waals surface area contributed by atoms with Crippen molar-refractivity contribution < 1.29 is 14.8 Å². The molecule has 0 aliphatic carbocycles. The van der Waals surface area contributed by atoms with Crippen molar-refractivity contribution >= 4 is 11.8 Å². The smallest absolute Gasteiger partial charge is 0.291 e. The molecule has 1 heterocycles. The molecule has 0 unspecified atom stereocenters. The van der Waals surface area contributed by atoms with Crippen molar-refractivity contribution in [1.29, 1.82) is 0 Å². The molecule has 26 heavy (non-hydrogen) atoms. The lowest BCUT2D eigenvalue weighted by Crippen LogP contribution is -2.30. The first kappa shape index (κ1) is 17.3. The van der Waals surface area contributed by atoms with Gasteiger partial charge in [-0.25, -0.2) is 15.1 Å². The minimum atomic E-state index is -0.585. The molecule has 0 fully saturated rings. The van der Waals surface area contributed by atoms with E-state index in [-0.39, 0.29) is 18.8 Å². The first-order valence-corrected chi connectivity index (χ1v) is 7.98. The van der Waals surface area contributed by atoms with Gasteiger partial charge in [-0.2, -0.15) is 0 Å². The van der Waals surface area contributed by atoms with Crippen LogP contribution in [-0.2, 0) is 4.79 Å². The number of rotatable bonds is 6. The van der Waals surface area contributed by atoms with Crippen LogP contribution in [0.1, 0.15) is 17.0 Å². The van der Waals surface area contributed by atoms with E-state index in [1.165, 1.54) is 5.48 Å². The van der Waals surface area contributed by atoms with Crippen LogP contribution >= 0.6 is 0 Å². The van der Waals surface area contributed by atoms with Crippen LogP contribution in [0.5, 0.6) is 0 Å². The van der Waals surface area contributed by atoms with E-state index in [4.69, 9.17) is 5.21 Å². The van der Waals surface area contributed by atoms with Crippen LogP contribution in [0.2, 0.25) is 0 Å². The lowest BCUT2D eigenvalue weighted by Gasteiger charge is -2.05. The third kappa shape index (κ3) is 3.93. The molecule has 2 amide bonds. The van der Waals surface area contributed by atoms with Crippen LogP contribution in [0.25, 0.3) is 17.1 Å². The largest absolute Gasteiger partial charge is 0.349 e. The molecule has 1 aromatic heterocycles. The zero-order valence-electron chi connectivity index (χ0n) is 13.8. The summed E-state index contributed by atoms with van der Waals surface area (Å²) in [7, 11) is 0. The molecule has 0 aliphatic rings. The molecule has 0 radical (unpaired) electrons. The van der Waals surface area contributed by atoms with Crippen LogP contribution < -0.4 is 10.8 Å². The van der Waals surface area contributed by atoms with Crippen molar-refractivity contribution in [3.05, 3.63) is 66.5 Å². The highest BCUT2D eigenvalue weighted by Crippen LogP contribution is 2.20. The van der Waals surface area contributed by atoms with Crippen molar-refractivity contribution in [3.8, 4) is 17.1 Å². The van der Waals surface area contributed by atoms with Gasteiger partial charge in [-0.1, -0.05) is 48.5 Å². The van der Waals surface area contributed by atoms with E-state index < -0.39 is 11.8 Å². The molecular weight excluding hydrogens is 334 g/mol. The topological polar surface area (TPSA) is 109 Å². The molecule has 0 bridgehead atoms. The molecule has 8 nitrogen and oxygen atoms in total. The molecule has 0 saturated heterocycles. The van der Waals surface area contributed by atoms with E-state index in [2.05, 4.69) is 15.4 Å². The Morgan fingerprint density at radius 3 is 2.31 bits per heavy atom. The fourth-order valence-electron chi connectivity index (χ4n) is 2.36. The third-order valence-electron chi connectivity index (χ3n) is 3.61. The maximum absolute atomic E-state index is 12.3. The fraction of sp³-hybridized carbons (Fsp3) is 0.111. The van der Waals surface area contributed by atoms with Gasteiger partial charge in [0.15, 0.2) is 5.82 Å². The monoisotopic (exact) mass is 351 g/mol. The molecule has 0 atom stereocenters. The summed E-state index contributed by atoms with van der Waals surface area (Å²) in [5.74, 6) is -0.548. The van der Waals surface area contributed by atoms with Crippen molar-refractivity contribution in [2.75, 3.05) is 6.54 Å².